The summed E-state index contributed by atoms with van der Waals surface area (Å²) < 4.78 is 10.5. The zero-order valence-electron chi connectivity index (χ0n) is 14.6. The topological polar surface area (TPSA) is 88.4 Å². The summed E-state index contributed by atoms with van der Waals surface area (Å²) in [5, 5.41) is 11.5. The van der Waals surface area contributed by atoms with Gasteiger partial charge in [0, 0.05) is 10.6 Å². The lowest BCUT2D eigenvalue weighted by atomic mass is 10.2. The summed E-state index contributed by atoms with van der Waals surface area (Å²) in [6.07, 6.45) is 0.902. The van der Waals surface area contributed by atoms with Crippen molar-refractivity contribution < 1.29 is 19.1 Å². The van der Waals surface area contributed by atoms with Gasteiger partial charge in [-0.3, -0.25) is 4.79 Å². The molecule has 0 aliphatic carbocycles. The number of nitriles is 1. The van der Waals surface area contributed by atoms with E-state index >= 15 is 0 Å². The first kappa shape index (κ1) is 19.3. The first-order valence-electron chi connectivity index (χ1n) is 7.72. The van der Waals surface area contributed by atoms with E-state index in [2.05, 4.69) is 5.32 Å². The highest BCUT2D eigenvalue weighted by Crippen LogP contribution is 2.26. The summed E-state index contributed by atoms with van der Waals surface area (Å²) in [5.74, 6) is -0.757. The molecule has 26 heavy (non-hydrogen) atoms. The molecule has 134 valence electrons. The molecule has 0 radical (unpaired) electrons. The lowest BCUT2D eigenvalue weighted by Crippen LogP contribution is -2.30. The van der Waals surface area contributed by atoms with Crippen LogP contribution in [0.25, 0.3) is 0 Å². The second-order valence-electron chi connectivity index (χ2n) is 5.30. The SMILES string of the molecule is COc1cc(SC)ccc1C(=O)O[C@@H](C)C(=O)Nc1cccc(C#N)c1. The standard InChI is InChI=1S/C19H18N2O4S/c1-12(18(22)21-14-6-4-5-13(9-14)11-20)25-19(23)16-8-7-15(26-3)10-17(16)24-2/h4-10,12H,1-3H3,(H,21,22)/t12-/m0/s1. The van der Waals surface area contributed by atoms with Gasteiger partial charge in [0.25, 0.3) is 5.91 Å². The van der Waals surface area contributed by atoms with Gasteiger partial charge in [-0.15, -0.1) is 11.8 Å². The number of hydrogen-bond donors (Lipinski definition) is 1. The van der Waals surface area contributed by atoms with Crippen molar-refractivity contribution >= 4 is 29.3 Å². The maximum Gasteiger partial charge on any atom is 0.342 e. The molecule has 2 aromatic carbocycles. The Bertz CT molecular complexity index is 861. The molecule has 1 amide bonds. The molecule has 2 aromatic rings. The molecular weight excluding hydrogens is 352 g/mol. The Morgan fingerprint density at radius 2 is 2.00 bits per heavy atom. The van der Waals surface area contributed by atoms with Crippen LogP contribution in [-0.4, -0.2) is 31.3 Å². The highest BCUT2D eigenvalue weighted by atomic mass is 32.2. The molecule has 0 aromatic heterocycles. The number of carbonyl (C=O) groups excluding carboxylic acids is 2. The number of amides is 1. The van der Waals surface area contributed by atoms with Crippen molar-refractivity contribution in [1.29, 1.82) is 5.26 Å². The van der Waals surface area contributed by atoms with Gasteiger partial charge in [0.05, 0.1) is 18.7 Å². The van der Waals surface area contributed by atoms with Crippen LogP contribution < -0.4 is 10.1 Å². The Morgan fingerprint density at radius 1 is 1.23 bits per heavy atom. The molecule has 2 rings (SSSR count). The number of hydrogen-bond acceptors (Lipinski definition) is 6. The molecule has 6 nitrogen and oxygen atoms in total. The third-order valence-electron chi connectivity index (χ3n) is 3.54. The summed E-state index contributed by atoms with van der Waals surface area (Å²) in [6.45, 7) is 1.48. The fourth-order valence-electron chi connectivity index (χ4n) is 2.16. The molecule has 1 N–H and O–H groups in total. The number of ether oxygens (including phenoxy) is 2. The molecule has 7 heteroatoms. The molecule has 0 unspecified atom stereocenters. The van der Waals surface area contributed by atoms with Crippen LogP contribution in [0.4, 0.5) is 5.69 Å². The summed E-state index contributed by atoms with van der Waals surface area (Å²) >= 11 is 1.52. The Kier molecular flexibility index (Phi) is 6.64. The first-order valence-corrected chi connectivity index (χ1v) is 8.95. The molecule has 0 heterocycles. The normalized spacial score (nSPS) is 11.2. The van der Waals surface area contributed by atoms with E-state index in [0.717, 1.165) is 4.90 Å². The lowest BCUT2D eigenvalue weighted by molar-refractivity contribution is -0.123. The molecule has 0 aliphatic rings. The van der Waals surface area contributed by atoms with Crippen LogP contribution in [-0.2, 0) is 9.53 Å². The highest BCUT2D eigenvalue weighted by molar-refractivity contribution is 7.98. The molecule has 0 bridgehead atoms. The van der Waals surface area contributed by atoms with E-state index in [1.54, 1.807) is 36.4 Å². The quantitative estimate of drug-likeness (QED) is 0.619. The number of esters is 1. The second kappa shape index (κ2) is 8.92. The van der Waals surface area contributed by atoms with Gasteiger partial charge < -0.3 is 14.8 Å². The summed E-state index contributed by atoms with van der Waals surface area (Å²) in [7, 11) is 1.47. The van der Waals surface area contributed by atoms with Crippen molar-refractivity contribution in [2.24, 2.45) is 0 Å². The highest BCUT2D eigenvalue weighted by Gasteiger charge is 2.21. The minimum Gasteiger partial charge on any atom is -0.496 e. The van der Waals surface area contributed by atoms with Crippen molar-refractivity contribution in [1.82, 2.24) is 0 Å². The summed E-state index contributed by atoms with van der Waals surface area (Å²) in [5.41, 5.74) is 1.13. The predicted octanol–water partition coefficient (Wildman–Crippen LogP) is 3.47. The van der Waals surface area contributed by atoms with Crippen LogP contribution in [0.3, 0.4) is 0 Å². The van der Waals surface area contributed by atoms with Crippen LogP contribution in [0.15, 0.2) is 47.4 Å². The van der Waals surface area contributed by atoms with Gasteiger partial charge in [0.2, 0.25) is 0 Å². The Morgan fingerprint density at radius 3 is 2.65 bits per heavy atom. The second-order valence-corrected chi connectivity index (χ2v) is 6.18. The van der Waals surface area contributed by atoms with Gasteiger partial charge >= 0.3 is 5.97 Å². The third kappa shape index (κ3) is 4.77. The van der Waals surface area contributed by atoms with Gasteiger partial charge in [-0.05, 0) is 49.6 Å². The molecular formula is C19H18N2O4S. The number of nitrogens with one attached hydrogen (secondary N) is 1. The van der Waals surface area contributed by atoms with Crippen molar-refractivity contribution in [3.63, 3.8) is 0 Å². The molecule has 1 atom stereocenters. The monoisotopic (exact) mass is 370 g/mol. The van der Waals surface area contributed by atoms with E-state index in [0.29, 0.717) is 17.0 Å². The van der Waals surface area contributed by atoms with Gasteiger partial charge in [-0.1, -0.05) is 6.07 Å². The van der Waals surface area contributed by atoms with E-state index in [1.807, 2.05) is 12.3 Å². The number of anilines is 1. The van der Waals surface area contributed by atoms with Crippen molar-refractivity contribution in [3.8, 4) is 11.8 Å². The fourth-order valence-corrected chi connectivity index (χ4v) is 2.58. The third-order valence-corrected chi connectivity index (χ3v) is 4.27. The maximum atomic E-state index is 12.4. The first-order chi connectivity index (χ1) is 12.5. The van der Waals surface area contributed by atoms with E-state index in [9.17, 15) is 9.59 Å². The van der Waals surface area contributed by atoms with Crippen molar-refractivity contribution in [2.45, 2.75) is 17.9 Å². The lowest BCUT2D eigenvalue weighted by Gasteiger charge is -2.15. The maximum absolute atomic E-state index is 12.4. The van der Waals surface area contributed by atoms with Gasteiger partial charge in [0.15, 0.2) is 6.10 Å². The molecule has 0 aliphatic heterocycles. The predicted molar refractivity (Wildman–Crippen MR) is 99.4 cm³/mol. The molecule has 0 saturated carbocycles. The molecule has 0 spiro atoms. The van der Waals surface area contributed by atoms with Crippen LogP contribution in [0.1, 0.15) is 22.8 Å². The summed E-state index contributed by atoms with van der Waals surface area (Å²) in [6, 6.07) is 13.6. The number of thioether (sulfide) groups is 1. The average Bonchev–Trinajstić information content (AvgIpc) is 2.67. The van der Waals surface area contributed by atoms with Crippen molar-refractivity contribution in [2.75, 3.05) is 18.7 Å². The van der Waals surface area contributed by atoms with Crippen molar-refractivity contribution in [3.05, 3.63) is 53.6 Å². The minimum absolute atomic E-state index is 0.247. The molecule has 0 fully saturated rings. The van der Waals surface area contributed by atoms with Crippen LogP contribution in [0.2, 0.25) is 0 Å². The largest absolute Gasteiger partial charge is 0.496 e. The van der Waals surface area contributed by atoms with Gasteiger partial charge in [-0.25, -0.2) is 4.79 Å². The number of methoxy groups -OCH3 is 1. The Labute approximate surface area is 156 Å². The number of rotatable bonds is 6. The average molecular weight is 370 g/mol. The van der Waals surface area contributed by atoms with Crippen LogP contribution >= 0.6 is 11.8 Å². The smallest absolute Gasteiger partial charge is 0.342 e. The number of carbonyl (C=O) groups is 2. The van der Waals surface area contributed by atoms with Gasteiger partial charge in [-0.2, -0.15) is 5.26 Å². The molecule has 0 saturated heterocycles. The van der Waals surface area contributed by atoms with E-state index in [1.165, 1.54) is 31.9 Å². The van der Waals surface area contributed by atoms with E-state index < -0.39 is 18.0 Å². The Balaban J connectivity index is 2.06. The zero-order chi connectivity index (χ0) is 19.1. The van der Waals surface area contributed by atoms with Gasteiger partial charge in [0.1, 0.15) is 11.3 Å². The summed E-state index contributed by atoms with van der Waals surface area (Å²) in [4.78, 5) is 25.5. The minimum atomic E-state index is -1.02. The van der Waals surface area contributed by atoms with Crippen LogP contribution in [0, 0.1) is 11.3 Å². The van der Waals surface area contributed by atoms with Crippen LogP contribution in [0.5, 0.6) is 5.75 Å². The van der Waals surface area contributed by atoms with E-state index in [4.69, 9.17) is 14.7 Å². The zero-order valence-corrected chi connectivity index (χ0v) is 15.4. The number of nitrogens with zero attached hydrogens (tertiary/aromatic N) is 1. The fraction of sp³-hybridized carbons (Fsp3) is 0.211. The number of benzene rings is 2. The van der Waals surface area contributed by atoms with E-state index in [-0.39, 0.29) is 5.56 Å². The Hall–Kier alpha value is -2.98.